The lowest BCUT2D eigenvalue weighted by Gasteiger charge is -2.29. The van der Waals surface area contributed by atoms with Crippen molar-refractivity contribution in [3.8, 4) is 0 Å². The van der Waals surface area contributed by atoms with E-state index in [-0.39, 0.29) is 11.8 Å². The standard InChI is InChI=1S/C18H28N2O2/c1-5-8-17(21)20(15(4)18(22)19-11-6-2)13-16-10-7-9-14(3)12-16/h7,9-10,12,15H,5-6,8,11,13H2,1-4H3,(H,19,22)/t15-/m1/s1. The molecule has 0 fully saturated rings. The van der Waals surface area contributed by atoms with Crippen LogP contribution in [0.2, 0.25) is 0 Å². The summed E-state index contributed by atoms with van der Waals surface area (Å²) in [6.07, 6.45) is 2.14. The van der Waals surface area contributed by atoms with Crippen LogP contribution in [0, 0.1) is 6.92 Å². The van der Waals surface area contributed by atoms with Crippen LogP contribution >= 0.6 is 0 Å². The van der Waals surface area contributed by atoms with Crippen LogP contribution in [-0.4, -0.2) is 29.3 Å². The second kappa shape index (κ2) is 9.23. The molecule has 1 rings (SSSR count). The van der Waals surface area contributed by atoms with E-state index < -0.39 is 6.04 Å². The molecule has 22 heavy (non-hydrogen) atoms. The van der Waals surface area contributed by atoms with Crippen LogP contribution in [0.5, 0.6) is 0 Å². The van der Waals surface area contributed by atoms with Gasteiger partial charge in [-0.2, -0.15) is 0 Å². The molecule has 1 atom stereocenters. The van der Waals surface area contributed by atoms with E-state index in [1.807, 2.05) is 39.0 Å². The van der Waals surface area contributed by atoms with Crippen LogP contribution in [0.15, 0.2) is 24.3 Å². The number of aryl methyl sites for hydroxylation is 1. The predicted octanol–water partition coefficient (Wildman–Crippen LogP) is 3.04. The van der Waals surface area contributed by atoms with Crippen LogP contribution in [-0.2, 0) is 16.1 Å². The Morgan fingerprint density at radius 2 is 1.95 bits per heavy atom. The maximum absolute atomic E-state index is 12.4. The van der Waals surface area contributed by atoms with Gasteiger partial charge in [0.05, 0.1) is 0 Å². The van der Waals surface area contributed by atoms with E-state index in [1.54, 1.807) is 11.8 Å². The van der Waals surface area contributed by atoms with Crippen molar-refractivity contribution in [2.75, 3.05) is 6.54 Å². The molecule has 0 aliphatic heterocycles. The third-order valence-corrected chi connectivity index (χ3v) is 3.62. The molecule has 1 N–H and O–H groups in total. The first kappa shape index (κ1) is 18.2. The minimum atomic E-state index is -0.453. The fraction of sp³-hybridized carbons (Fsp3) is 0.556. The summed E-state index contributed by atoms with van der Waals surface area (Å²) in [5, 5.41) is 2.87. The summed E-state index contributed by atoms with van der Waals surface area (Å²) < 4.78 is 0. The van der Waals surface area contributed by atoms with Gasteiger partial charge >= 0.3 is 0 Å². The third-order valence-electron chi connectivity index (χ3n) is 3.62. The SMILES string of the molecule is CCCNC(=O)[C@@H](C)N(Cc1cccc(C)c1)C(=O)CCC. The number of amides is 2. The van der Waals surface area contributed by atoms with Crippen molar-refractivity contribution in [2.24, 2.45) is 0 Å². The topological polar surface area (TPSA) is 49.4 Å². The summed E-state index contributed by atoms with van der Waals surface area (Å²) in [6.45, 7) is 8.93. The zero-order valence-electron chi connectivity index (χ0n) is 14.2. The summed E-state index contributed by atoms with van der Waals surface area (Å²) in [5.41, 5.74) is 2.21. The lowest BCUT2D eigenvalue weighted by atomic mass is 10.1. The molecule has 0 saturated heterocycles. The average Bonchev–Trinajstić information content (AvgIpc) is 2.49. The largest absolute Gasteiger partial charge is 0.354 e. The molecule has 0 unspecified atom stereocenters. The fourth-order valence-corrected chi connectivity index (χ4v) is 2.34. The van der Waals surface area contributed by atoms with Crippen molar-refractivity contribution in [3.63, 3.8) is 0 Å². The van der Waals surface area contributed by atoms with Gasteiger partial charge in [0, 0.05) is 19.5 Å². The van der Waals surface area contributed by atoms with Crippen molar-refractivity contribution in [1.82, 2.24) is 10.2 Å². The van der Waals surface area contributed by atoms with E-state index in [0.717, 1.165) is 24.0 Å². The molecule has 2 amide bonds. The summed E-state index contributed by atoms with van der Waals surface area (Å²) in [5.74, 6) is -0.0536. The Bertz CT molecular complexity index is 500. The summed E-state index contributed by atoms with van der Waals surface area (Å²) >= 11 is 0. The van der Waals surface area contributed by atoms with Gasteiger partial charge in [0.25, 0.3) is 0 Å². The summed E-state index contributed by atoms with van der Waals surface area (Å²) in [4.78, 5) is 26.3. The highest BCUT2D eigenvalue weighted by molar-refractivity contribution is 5.87. The Kier molecular flexibility index (Phi) is 7.64. The van der Waals surface area contributed by atoms with Crippen molar-refractivity contribution in [1.29, 1.82) is 0 Å². The maximum Gasteiger partial charge on any atom is 0.242 e. The highest BCUT2D eigenvalue weighted by Gasteiger charge is 2.25. The molecule has 0 bridgehead atoms. The maximum atomic E-state index is 12.4. The molecule has 0 aliphatic rings. The van der Waals surface area contributed by atoms with Gasteiger partial charge in [0.2, 0.25) is 11.8 Å². The Balaban J connectivity index is 2.87. The molecular formula is C18H28N2O2. The van der Waals surface area contributed by atoms with Crippen LogP contribution in [0.3, 0.4) is 0 Å². The fourth-order valence-electron chi connectivity index (χ4n) is 2.34. The van der Waals surface area contributed by atoms with Gasteiger partial charge in [-0.05, 0) is 32.3 Å². The van der Waals surface area contributed by atoms with E-state index in [0.29, 0.717) is 19.5 Å². The lowest BCUT2D eigenvalue weighted by molar-refractivity contribution is -0.140. The molecule has 1 aromatic carbocycles. The summed E-state index contributed by atoms with van der Waals surface area (Å²) in [6, 6.07) is 7.61. The first-order valence-corrected chi connectivity index (χ1v) is 8.12. The van der Waals surface area contributed by atoms with E-state index >= 15 is 0 Å². The molecule has 0 heterocycles. The van der Waals surface area contributed by atoms with Crippen molar-refractivity contribution >= 4 is 11.8 Å². The molecule has 0 spiro atoms. The van der Waals surface area contributed by atoms with E-state index in [1.165, 1.54) is 0 Å². The Hall–Kier alpha value is -1.84. The van der Waals surface area contributed by atoms with Crippen molar-refractivity contribution in [2.45, 2.75) is 59.5 Å². The number of rotatable bonds is 8. The van der Waals surface area contributed by atoms with Crippen LogP contribution < -0.4 is 5.32 Å². The second-order valence-electron chi connectivity index (χ2n) is 5.73. The molecular weight excluding hydrogens is 276 g/mol. The minimum absolute atomic E-state index is 0.0307. The number of carbonyl (C=O) groups excluding carboxylic acids is 2. The molecule has 0 aromatic heterocycles. The molecule has 1 aromatic rings. The number of carbonyl (C=O) groups is 2. The van der Waals surface area contributed by atoms with Gasteiger partial charge in [0.15, 0.2) is 0 Å². The quantitative estimate of drug-likeness (QED) is 0.802. The van der Waals surface area contributed by atoms with Gasteiger partial charge < -0.3 is 10.2 Å². The van der Waals surface area contributed by atoms with Crippen LogP contribution in [0.4, 0.5) is 0 Å². The first-order valence-electron chi connectivity index (χ1n) is 8.12. The van der Waals surface area contributed by atoms with E-state index in [2.05, 4.69) is 11.4 Å². The highest BCUT2D eigenvalue weighted by atomic mass is 16.2. The second-order valence-corrected chi connectivity index (χ2v) is 5.73. The third kappa shape index (κ3) is 5.51. The molecule has 122 valence electrons. The van der Waals surface area contributed by atoms with E-state index in [9.17, 15) is 9.59 Å². The van der Waals surface area contributed by atoms with Crippen molar-refractivity contribution in [3.05, 3.63) is 35.4 Å². The van der Waals surface area contributed by atoms with Gasteiger partial charge in [-0.1, -0.05) is 43.7 Å². The predicted molar refractivity (Wildman–Crippen MR) is 89.4 cm³/mol. The highest BCUT2D eigenvalue weighted by Crippen LogP contribution is 2.13. The number of benzene rings is 1. The van der Waals surface area contributed by atoms with Gasteiger partial charge in [-0.15, -0.1) is 0 Å². The number of hydrogen-bond acceptors (Lipinski definition) is 2. The Labute approximate surface area is 133 Å². The van der Waals surface area contributed by atoms with Crippen LogP contribution in [0.25, 0.3) is 0 Å². The van der Waals surface area contributed by atoms with Gasteiger partial charge in [0.1, 0.15) is 6.04 Å². The summed E-state index contributed by atoms with van der Waals surface area (Å²) in [7, 11) is 0. The molecule has 0 radical (unpaired) electrons. The van der Waals surface area contributed by atoms with Crippen molar-refractivity contribution < 1.29 is 9.59 Å². The molecule has 4 heteroatoms. The number of hydrogen-bond donors (Lipinski definition) is 1. The first-order chi connectivity index (χ1) is 10.5. The normalized spacial score (nSPS) is 11.8. The van der Waals surface area contributed by atoms with Gasteiger partial charge in [-0.25, -0.2) is 0 Å². The molecule has 0 aliphatic carbocycles. The average molecular weight is 304 g/mol. The van der Waals surface area contributed by atoms with E-state index in [4.69, 9.17) is 0 Å². The minimum Gasteiger partial charge on any atom is -0.354 e. The monoisotopic (exact) mass is 304 g/mol. The van der Waals surface area contributed by atoms with Crippen LogP contribution in [0.1, 0.15) is 51.2 Å². The number of nitrogens with one attached hydrogen (secondary N) is 1. The molecule has 4 nitrogen and oxygen atoms in total. The zero-order chi connectivity index (χ0) is 16.5. The zero-order valence-corrected chi connectivity index (χ0v) is 14.2. The Morgan fingerprint density at radius 3 is 2.55 bits per heavy atom. The lowest BCUT2D eigenvalue weighted by Crippen LogP contribution is -2.47. The Morgan fingerprint density at radius 1 is 1.23 bits per heavy atom. The number of nitrogens with zero attached hydrogens (tertiary/aromatic N) is 1. The van der Waals surface area contributed by atoms with Gasteiger partial charge in [-0.3, -0.25) is 9.59 Å². The molecule has 0 saturated carbocycles. The smallest absolute Gasteiger partial charge is 0.242 e.